The minimum atomic E-state index is -3.57. The van der Waals surface area contributed by atoms with Crippen molar-refractivity contribution in [2.45, 2.75) is 39.0 Å². The monoisotopic (exact) mass is 374 g/mol. The van der Waals surface area contributed by atoms with E-state index in [9.17, 15) is 13.2 Å². The molecule has 0 heterocycles. The quantitative estimate of drug-likeness (QED) is 0.806. The molecule has 6 heteroatoms. The maximum absolute atomic E-state index is 12.8. The van der Waals surface area contributed by atoms with Crippen molar-refractivity contribution < 1.29 is 13.2 Å². The summed E-state index contributed by atoms with van der Waals surface area (Å²) >= 11 is 0. The molecule has 0 radical (unpaired) electrons. The van der Waals surface area contributed by atoms with Gasteiger partial charge in [0.05, 0.1) is 11.3 Å². The van der Waals surface area contributed by atoms with Crippen molar-refractivity contribution in [1.29, 1.82) is 0 Å². The maximum Gasteiger partial charge on any atom is 0.243 e. The van der Waals surface area contributed by atoms with Gasteiger partial charge in [0.25, 0.3) is 0 Å². The highest BCUT2D eigenvalue weighted by Gasteiger charge is 2.24. The van der Waals surface area contributed by atoms with Crippen LogP contribution >= 0.6 is 0 Å². The lowest BCUT2D eigenvalue weighted by Gasteiger charge is -2.20. The van der Waals surface area contributed by atoms with Crippen molar-refractivity contribution >= 4 is 21.6 Å². The summed E-state index contributed by atoms with van der Waals surface area (Å²) in [6.07, 6.45) is 0.249. The highest BCUT2D eigenvalue weighted by molar-refractivity contribution is 7.89. The summed E-state index contributed by atoms with van der Waals surface area (Å²) < 4.78 is 27.0. The van der Waals surface area contributed by atoms with Gasteiger partial charge in [-0.25, -0.2) is 8.42 Å². The van der Waals surface area contributed by atoms with E-state index >= 15 is 0 Å². The predicted molar refractivity (Wildman–Crippen MR) is 105 cm³/mol. The van der Waals surface area contributed by atoms with E-state index in [-0.39, 0.29) is 17.2 Å². The van der Waals surface area contributed by atoms with Crippen LogP contribution in [-0.4, -0.2) is 31.7 Å². The summed E-state index contributed by atoms with van der Waals surface area (Å²) in [5.41, 5.74) is 3.15. The number of hydrogen-bond acceptors (Lipinski definition) is 3. The molecule has 0 aromatic heterocycles. The zero-order valence-electron chi connectivity index (χ0n) is 15.7. The first-order valence-electron chi connectivity index (χ1n) is 8.74. The van der Waals surface area contributed by atoms with Crippen molar-refractivity contribution in [3.63, 3.8) is 0 Å². The Hall–Kier alpha value is -2.18. The van der Waals surface area contributed by atoms with Gasteiger partial charge in [-0.15, -0.1) is 0 Å². The molecule has 5 nitrogen and oxygen atoms in total. The van der Waals surface area contributed by atoms with Gasteiger partial charge in [-0.1, -0.05) is 44.2 Å². The summed E-state index contributed by atoms with van der Waals surface area (Å²) in [5, 5.41) is 2.81. The summed E-state index contributed by atoms with van der Waals surface area (Å²) in [6, 6.07) is 12.7. The largest absolute Gasteiger partial charge is 0.326 e. The third-order valence-corrected chi connectivity index (χ3v) is 6.60. The number of sulfonamides is 1. The summed E-state index contributed by atoms with van der Waals surface area (Å²) in [6.45, 7) is 8.15. The Balaban J connectivity index is 2.24. The lowest BCUT2D eigenvalue weighted by Crippen LogP contribution is -2.31. The van der Waals surface area contributed by atoms with Gasteiger partial charge >= 0.3 is 0 Å². The van der Waals surface area contributed by atoms with Crippen molar-refractivity contribution in [2.75, 3.05) is 18.4 Å². The zero-order chi connectivity index (χ0) is 19.3. The second kappa shape index (κ2) is 8.47. The molecule has 0 unspecified atom stereocenters. The highest BCUT2D eigenvalue weighted by Crippen LogP contribution is 2.24. The normalized spacial score (nSPS) is 11.6. The second-order valence-electron chi connectivity index (χ2n) is 6.22. The molecule has 1 amide bonds. The lowest BCUT2D eigenvalue weighted by atomic mass is 10.1. The van der Waals surface area contributed by atoms with Gasteiger partial charge < -0.3 is 5.32 Å². The Bertz CT molecular complexity index is 888. The number of benzene rings is 2. The van der Waals surface area contributed by atoms with E-state index in [1.54, 1.807) is 25.1 Å². The van der Waals surface area contributed by atoms with Crippen molar-refractivity contribution in [1.82, 2.24) is 4.31 Å². The van der Waals surface area contributed by atoms with Gasteiger partial charge in [0.15, 0.2) is 0 Å². The molecule has 0 bridgehead atoms. The van der Waals surface area contributed by atoms with Gasteiger partial charge in [-0.3, -0.25) is 4.79 Å². The Morgan fingerprint density at radius 2 is 1.65 bits per heavy atom. The average Bonchev–Trinajstić information content (AvgIpc) is 2.59. The molecule has 0 fully saturated rings. The topological polar surface area (TPSA) is 66.5 Å². The summed E-state index contributed by atoms with van der Waals surface area (Å²) in [7, 11) is -3.57. The van der Waals surface area contributed by atoms with Crippen molar-refractivity contribution in [3.8, 4) is 0 Å². The number of aryl methyl sites for hydroxylation is 2. The number of nitrogens with zero attached hydrogens (tertiary/aromatic N) is 1. The van der Waals surface area contributed by atoms with Gasteiger partial charge in [0.1, 0.15) is 0 Å². The van der Waals surface area contributed by atoms with Crippen LogP contribution in [0.25, 0.3) is 0 Å². The van der Waals surface area contributed by atoms with Gasteiger partial charge in [0, 0.05) is 18.8 Å². The molecule has 0 atom stereocenters. The fourth-order valence-electron chi connectivity index (χ4n) is 2.84. The number of amides is 1. The maximum atomic E-state index is 12.8. The molecule has 0 spiro atoms. The fraction of sp³-hybridized carbons (Fsp3) is 0.350. The Labute approximate surface area is 156 Å². The molecule has 0 aliphatic carbocycles. The van der Waals surface area contributed by atoms with Crippen LogP contribution in [0.1, 0.15) is 30.5 Å². The fourth-order valence-corrected chi connectivity index (χ4v) is 4.55. The minimum Gasteiger partial charge on any atom is -0.326 e. The van der Waals surface area contributed by atoms with Crippen LogP contribution in [0, 0.1) is 13.8 Å². The van der Waals surface area contributed by atoms with Crippen LogP contribution < -0.4 is 5.32 Å². The third kappa shape index (κ3) is 4.51. The van der Waals surface area contributed by atoms with E-state index in [0.29, 0.717) is 24.3 Å². The standard InChI is InChI=1S/C20H26N2O3S/c1-5-22(6-2)26(24,25)19-14-18(12-11-16(19)4)21-20(23)13-17-10-8-7-9-15(17)3/h7-12,14H,5-6,13H2,1-4H3,(H,21,23). The number of anilines is 1. The van der Waals surface area contributed by atoms with Crippen LogP contribution in [0.15, 0.2) is 47.4 Å². The second-order valence-corrected chi connectivity index (χ2v) is 8.13. The lowest BCUT2D eigenvalue weighted by molar-refractivity contribution is -0.115. The SMILES string of the molecule is CCN(CC)S(=O)(=O)c1cc(NC(=O)Cc2ccccc2C)ccc1C. The molecule has 0 aliphatic heterocycles. The molecule has 1 N–H and O–H groups in total. The number of carbonyl (C=O) groups excluding carboxylic acids is 1. The van der Waals surface area contributed by atoms with E-state index < -0.39 is 10.0 Å². The smallest absolute Gasteiger partial charge is 0.243 e. The minimum absolute atomic E-state index is 0.172. The van der Waals surface area contributed by atoms with E-state index in [4.69, 9.17) is 0 Å². The zero-order valence-corrected chi connectivity index (χ0v) is 16.6. The van der Waals surface area contributed by atoms with Crippen LogP contribution in [0.2, 0.25) is 0 Å². The third-order valence-electron chi connectivity index (χ3n) is 4.41. The molecule has 2 aromatic rings. The van der Waals surface area contributed by atoms with E-state index in [2.05, 4.69) is 5.32 Å². The van der Waals surface area contributed by atoms with Crippen LogP contribution in [0.3, 0.4) is 0 Å². The predicted octanol–water partition coefficient (Wildman–Crippen LogP) is 3.52. The van der Waals surface area contributed by atoms with Gasteiger partial charge in [-0.2, -0.15) is 4.31 Å². The molecule has 140 valence electrons. The molecule has 26 heavy (non-hydrogen) atoms. The Morgan fingerprint density at radius 3 is 2.27 bits per heavy atom. The molecule has 0 saturated heterocycles. The summed E-state index contributed by atoms with van der Waals surface area (Å²) in [4.78, 5) is 12.6. The van der Waals surface area contributed by atoms with Gasteiger partial charge in [-0.05, 0) is 42.7 Å². The first-order chi connectivity index (χ1) is 12.3. The molecule has 0 aliphatic rings. The van der Waals surface area contributed by atoms with Crippen molar-refractivity contribution in [2.24, 2.45) is 0 Å². The molecule has 2 rings (SSSR count). The number of hydrogen-bond donors (Lipinski definition) is 1. The number of carbonyl (C=O) groups is 1. The average molecular weight is 375 g/mol. The molecular formula is C20H26N2O3S. The van der Waals surface area contributed by atoms with Gasteiger partial charge in [0.2, 0.25) is 15.9 Å². The van der Waals surface area contributed by atoms with E-state index in [0.717, 1.165) is 11.1 Å². The molecule has 2 aromatic carbocycles. The molecular weight excluding hydrogens is 348 g/mol. The van der Waals surface area contributed by atoms with Crippen LogP contribution in [0.4, 0.5) is 5.69 Å². The number of nitrogens with one attached hydrogen (secondary N) is 1. The van der Waals surface area contributed by atoms with Crippen molar-refractivity contribution in [3.05, 3.63) is 59.2 Å². The highest BCUT2D eigenvalue weighted by atomic mass is 32.2. The van der Waals surface area contributed by atoms with E-state index in [1.165, 1.54) is 4.31 Å². The van der Waals surface area contributed by atoms with Crippen LogP contribution in [-0.2, 0) is 21.2 Å². The van der Waals surface area contributed by atoms with E-state index in [1.807, 2.05) is 45.0 Å². The number of rotatable bonds is 7. The summed E-state index contributed by atoms with van der Waals surface area (Å²) in [5.74, 6) is -0.172. The first-order valence-corrected chi connectivity index (χ1v) is 10.2. The Kier molecular flexibility index (Phi) is 6.56. The Morgan fingerprint density at radius 1 is 1.00 bits per heavy atom. The molecule has 0 saturated carbocycles. The first kappa shape index (κ1) is 20.1. The van der Waals surface area contributed by atoms with Crippen LogP contribution in [0.5, 0.6) is 0 Å².